The molecule has 1 aliphatic heterocycles. The molecule has 2 aromatic heterocycles. The van der Waals surface area contributed by atoms with E-state index < -0.39 is 12.2 Å². The molecular formula is C23H19ClF4N4. The number of hydrogen-bond acceptors (Lipinski definition) is 3. The third kappa shape index (κ3) is 3.93. The first-order valence-electron chi connectivity index (χ1n) is 10.3. The lowest BCUT2D eigenvalue weighted by Gasteiger charge is -2.37. The van der Waals surface area contributed by atoms with Crippen molar-refractivity contribution in [3.8, 4) is 0 Å². The number of rotatable bonds is 3. The van der Waals surface area contributed by atoms with Crippen molar-refractivity contribution in [2.24, 2.45) is 0 Å². The smallest absolute Gasteiger partial charge is 0.340 e. The van der Waals surface area contributed by atoms with Crippen molar-refractivity contribution in [3.63, 3.8) is 0 Å². The maximum Gasteiger partial charge on any atom is 0.411 e. The number of imidazole rings is 1. The molecule has 5 rings (SSSR count). The molecule has 0 radical (unpaired) electrons. The van der Waals surface area contributed by atoms with Gasteiger partial charge in [0.15, 0.2) is 6.04 Å². The van der Waals surface area contributed by atoms with E-state index in [9.17, 15) is 17.6 Å². The Morgan fingerprint density at radius 3 is 2.53 bits per heavy atom. The number of alkyl halides is 3. The van der Waals surface area contributed by atoms with Crippen molar-refractivity contribution in [2.75, 3.05) is 13.1 Å². The standard InChI is InChI=1S/C23H19ClF4N4/c24-14-1-3-19-20(11-14)31-22(30-19)21(23(26,27)28)32-9-6-13(7-10-32)16-5-8-29-18-4-2-15(25)12-17(16)18/h1-5,8,11-13,21H,6-7,9-10H2,(H,30,31). The number of aromatic amines is 1. The SMILES string of the molecule is Fc1ccc2nccc(C3CCN(C(c4nc5ccc(Cl)cc5[nH]4)C(F)(F)F)CC3)c2c1. The Bertz CT molecular complexity index is 1280. The van der Waals surface area contributed by atoms with Gasteiger partial charge in [0, 0.05) is 16.6 Å². The number of nitrogens with zero attached hydrogens (tertiary/aromatic N) is 3. The summed E-state index contributed by atoms with van der Waals surface area (Å²) in [6, 6.07) is 9.21. The van der Waals surface area contributed by atoms with Crippen LogP contribution in [0.3, 0.4) is 0 Å². The lowest BCUT2D eigenvalue weighted by Crippen LogP contribution is -2.43. The van der Waals surface area contributed by atoms with Gasteiger partial charge < -0.3 is 4.98 Å². The average Bonchev–Trinajstić information content (AvgIpc) is 3.15. The molecule has 9 heteroatoms. The molecule has 166 valence electrons. The number of nitrogens with one attached hydrogen (secondary N) is 1. The van der Waals surface area contributed by atoms with Crippen LogP contribution in [0.5, 0.6) is 0 Å². The molecule has 2 aromatic carbocycles. The van der Waals surface area contributed by atoms with E-state index in [0.717, 1.165) is 5.56 Å². The third-order valence-electron chi connectivity index (χ3n) is 6.10. The Morgan fingerprint density at radius 2 is 1.78 bits per heavy atom. The minimum atomic E-state index is -4.49. The number of piperidine rings is 1. The average molecular weight is 463 g/mol. The van der Waals surface area contributed by atoms with Crippen molar-refractivity contribution >= 4 is 33.5 Å². The number of pyridine rings is 1. The highest BCUT2D eigenvalue weighted by Crippen LogP contribution is 2.41. The molecule has 0 bridgehead atoms. The minimum absolute atomic E-state index is 0.0295. The van der Waals surface area contributed by atoms with E-state index in [1.165, 1.54) is 17.0 Å². The Hall–Kier alpha value is -2.71. The fourth-order valence-corrected chi connectivity index (χ4v) is 4.80. The van der Waals surface area contributed by atoms with E-state index in [1.807, 2.05) is 6.07 Å². The highest BCUT2D eigenvalue weighted by atomic mass is 35.5. The van der Waals surface area contributed by atoms with E-state index in [0.29, 0.717) is 39.8 Å². The quantitative estimate of drug-likeness (QED) is 0.359. The van der Waals surface area contributed by atoms with Gasteiger partial charge in [-0.15, -0.1) is 0 Å². The van der Waals surface area contributed by atoms with Gasteiger partial charge >= 0.3 is 6.18 Å². The number of aromatic nitrogens is 3. The van der Waals surface area contributed by atoms with Crippen LogP contribution in [0.1, 0.15) is 36.2 Å². The lowest BCUT2D eigenvalue weighted by atomic mass is 9.87. The number of halogens is 5. The van der Waals surface area contributed by atoms with E-state index in [2.05, 4.69) is 15.0 Å². The third-order valence-corrected chi connectivity index (χ3v) is 6.34. The lowest BCUT2D eigenvalue weighted by molar-refractivity contribution is -0.191. The van der Waals surface area contributed by atoms with Crippen molar-refractivity contribution in [1.29, 1.82) is 0 Å². The molecule has 0 aliphatic carbocycles. The van der Waals surface area contributed by atoms with Crippen LogP contribution in [0.15, 0.2) is 48.7 Å². The van der Waals surface area contributed by atoms with Gasteiger partial charge in [-0.05, 0) is 79.9 Å². The van der Waals surface area contributed by atoms with Crippen molar-refractivity contribution in [2.45, 2.75) is 31.0 Å². The van der Waals surface area contributed by atoms with E-state index in [1.54, 1.807) is 30.5 Å². The number of benzene rings is 2. The zero-order valence-electron chi connectivity index (χ0n) is 16.8. The summed E-state index contributed by atoms with van der Waals surface area (Å²) in [7, 11) is 0. The minimum Gasteiger partial charge on any atom is -0.340 e. The van der Waals surface area contributed by atoms with Crippen LogP contribution in [0.25, 0.3) is 21.9 Å². The topological polar surface area (TPSA) is 44.8 Å². The summed E-state index contributed by atoms with van der Waals surface area (Å²) < 4.78 is 56.1. The fourth-order valence-electron chi connectivity index (χ4n) is 4.63. The van der Waals surface area contributed by atoms with Crippen molar-refractivity contribution in [3.05, 3.63) is 70.9 Å². The molecule has 4 aromatic rings. The zero-order valence-corrected chi connectivity index (χ0v) is 17.6. The Balaban J connectivity index is 1.41. The zero-order chi connectivity index (χ0) is 22.5. The molecule has 1 N–H and O–H groups in total. The van der Waals surface area contributed by atoms with E-state index in [4.69, 9.17) is 11.6 Å². The second-order valence-electron chi connectivity index (χ2n) is 8.10. The second kappa shape index (κ2) is 8.01. The summed E-state index contributed by atoms with van der Waals surface area (Å²) in [4.78, 5) is 12.7. The first-order valence-corrected chi connectivity index (χ1v) is 10.7. The largest absolute Gasteiger partial charge is 0.411 e. The van der Waals surface area contributed by atoms with E-state index in [-0.39, 0.29) is 30.6 Å². The Morgan fingerprint density at radius 1 is 1.03 bits per heavy atom. The van der Waals surface area contributed by atoms with Gasteiger partial charge in [0.25, 0.3) is 0 Å². The predicted octanol–water partition coefficient (Wildman–Crippen LogP) is 6.39. The van der Waals surface area contributed by atoms with Gasteiger partial charge in [-0.3, -0.25) is 9.88 Å². The van der Waals surface area contributed by atoms with E-state index >= 15 is 0 Å². The molecule has 0 saturated carbocycles. The Labute approximate surface area is 186 Å². The predicted molar refractivity (Wildman–Crippen MR) is 115 cm³/mol. The van der Waals surface area contributed by atoms with Crippen LogP contribution in [0.2, 0.25) is 5.02 Å². The number of likely N-dealkylation sites (tertiary alicyclic amines) is 1. The molecule has 0 amide bonds. The Kier molecular flexibility index (Phi) is 5.29. The molecule has 0 spiro atoms. The molecule has 1 atom stereocenters. The highest BCUT2D eigenvalue weighted by molar-refractivity contribution is 6.31. The summed E-state index contributed by atoms with van der Waals surface area (Å²) >= 11 is 5.96. The molecular weight excluding hydrogens is 444 g/mol. The molecule has 1 fully saturated rings. The monoisotopic (exact) mass is 462 g/mol. The maximum atomic E-state index is 14.1. The summed E-state index contributed by atoms with van der Waals surface area (Å²) in [5.74, 6) is -0.460. The number of fused-ring (bicyclic) bond motifs is 2. The van der Waals surface area contributed by atoms with Crippen LogP contribution in [-0.4, -0.2) is 39.1 Å². The molecule has 4 nitrogen and oxygen atoms in total. The normalized spacial score (nSPS) is 17.3. The fraction of sp³-hybridized carbons (Fsp3) is 0.304. The first kappa shape index (κ1) is 21.2. The molecule has 32 heavy (non-hydrogen) atoms. The van der Waals surface area contributed by atoms with Crippen molar-refractivity contribution in [1.82, 2.24) is 19.9 Å². The molecule has 1 aliphatic rings. The second-order valence-corrected chi connectivity index (χ2v) is 8.54. The molecule has 3 heterocycles. The van der Waals surface area contributed by atoms with Crippen molar-refractivity contribution < 1.29 is 17.6 Å². The maximum absolute atomic E-state index is 14.1. The van der Waals surface area contributed by atoms with Gasteiger partial charge in [-0.25, -0.2) is 9.37 Å². The highest BCUT2D eigenvalue weighted by Gasteiger charge is 2.47. The number of H-pyrrole nitrogens is 1. The summed E-state index contributed by atoms with van der Waals surface area (Å²) in [5.41, 5.74) is 2.53. The summed E-state index contributed by atoms with van der Waals surface area (Å²) in [6.07, 6.45) is -1.78. The summed E-state index contributed by atoms with van der Waals surface area (Å²) in [6.45, 7) is 0.484. The van der Waals surface area contributed by atoms with Crippen LogP contribution in [0.4, 0.5) is 17.6 Å². The summed E-state index contributed by atoms with van der Waals surface area (Å²) in [5, 5.41) is 1.14. The van der Waals surface area contributed by atoms with Crippen LogP contribution >= 0.6 is 11.6 Å². The van der Waals surface area contributed by atoms with Crippen LogP contribution in [0, 0.1) is 5.82 Å². The van der Waals surface area contributed by atoms with Crippen LogP contribution in [-0.2, 0) is 0 Å². The van der Waals surface area contributed by atoms with Gasteiger partial charge in [-0.2, -0.15) is 13.2 Å². The van der Waals surface area contributed by atoms with Gasteiger partial charge in [-0.1, -0.05) is 11.6 Å². The van der Waals surface area contributed by atoms with Gasteiger partial charge in [0.05, 0.1) is 16.6 Å². The van der Waals surface area contributed by atoms with Gasteiger partial charge in [0.1, 0.15) is 11.6 Å². The molecule has 1 saturated heterocycles. The molecule has 1 unspecified atom stereocenters. The van der Waals surface area contributed by atoms with Crippen LogP contribution < -0.4 is 0 Å². The first-order chi connectivity index (χ1) is 15.3. The number of hydrogen-bond donors (Lipinski definition) is 1. The van der Waals surface area contributed by atoms with Gasteiger partial charge in [0.2, 0.25) is 0 Å².